The molecule has 2 aromatic carbocycles. The molecular weight excluding hydrogens is 429 g/mol. The highest BCUT2D eigenvalue weighted by atomic mass is 28.4. The van der Waals surface area contributed by atoms with Crippen LogP contribution in [0.3, 0.4) is 0 Å². The Labute approximate surface area is 187 Å². The first-order valence-electron chi connectivity index (χ1n) is 10.3. The molecule has 0 saturated heterocycles. The molecule has 0 aliphatic heterocycles. The van der Waals surface area contributed by atoms with Crippen molar-refractivity contribution >= 4 is 18.7 Å². The minimum atomic E-state index is -4.69. The van der Waals surface area contributed by atoms with Gasteiger partial charge in [-0.05, 0) is 27.5 Å². The van der Waals surface area contributed by atoms with Gasteiger partial charge in [-0.1, -0.05) is 87.5 Å². The summed E-state index contributed by atoms with van der Waals surface area (Å²) in [6, 6.07) is 24.6. The van der Waals surface area contributed by atoms with Crippen molar-refractivity contribution in [1.82, 2.24) is 4.98 Å². The molecule has 166 valence electrons. The number of hydrogen-bond acceptors (Lipinski definition) is 3. The fourth-order valence-electron chi connectivity index (χ4n) is 3.99. The Balaban J connectivity index is 2.26. The molecule has 0 saturated carbocycles. The molecule has 3 nitrogen and oxygen atoms in total. The number of alkyl halides is 3. The van der Waals surface area contributed by atoms with Crippen LogP contribution in [0.1, 0.15) is 38.3 Å². The fourth-order valence-corrected chi connectivity index (χ4v) is 8.61. The lowest BCUT2D eigenvalue weighted by Gasteiger charge is -2.45. The minimum Gasteiger partial charge on any atom is -0.391 e. The van der Waals surface area contributed by atoms with Crippen LogP contribution < -0.4 is 10.4 Å². The summed E-state index contributed by atoms with van der Waals surface area (Å²) in [7, 11) is -3.47. The van der Waals surface area contributed by atoms with E-state index in [0.717, 1.165) is 10.4 Å². The van der Waals surface area contributed by atoms with E-state index in [1.807, 2.05) is 87.5 Å². The second kappa shape index (κ2) is 9.27. The van der Waals surface area contributed by atoms with Gasteiger partial charge in [0.1, 0.15) is 0 Å². The van der Waals surface area contributed by atoms with Crippen LogP contribution in [0.5, 0.6) is 0 Å². The number of nitrogens with zero attached hydrogens (tertiary/aromatic N) is 2. The molecule has 3 aromatic rings. The lowest BCUT2D eigenvalue weighted by atomic mass is 10.2. The van der Waals surface area contributed by atoms with Crippen molar-refractivity contribution in [3.8, 4) is 6.07 Å². The second-order valence-electron chi connectivity index (χ2n) is 8.59. The monoisotopic (exact) mass is 454 g/mol. The second-order valence-corrected chi connectivity index (χ2v) is 12.8. The maximum absolute atomic E-state index is 14.5. The number of benzene rings is 2. The van der Waals surface area contributed by atoms with Crippen LogP contribution in [0.25, 0.3) is 0 Å². The van der Waals surface area contributed by atoms with Crippen molar-refractivity contribution in [3.63, 3.8) is 0 Å². The van der Waals surface area contributed by atoms with E-state index < -0.39 is 25.6 Å². The van der Waals surface area contributed by atoms with Gasteiger partial charge < -0.3 is 4.43 Å². The molecule has 1 aromatic heterocycles. The van der Waals surface area contributed by atoms with Crippen molar-refractivity contribution in [3.05, 3.63) is 90.3 Å². The smallest absolute Gasteiger partial charge is 0.391 e. The zero-order valence-electron chi connectivity index (χ0n) is 18.2. The summed E-state index contributed by atoms with van der Waals surface area (Å²) in [6.45, 7) is 5.77. The summed E-state index contributed by atoms with van der Waals surface area (Å²) >= 11 is 0. The lowest BCUT2D eigenvalue weighted by molar-refractivity contribution is -0.201. The van der Waals surface area contributed by atoms with E-state index in [1.165, 1.54) is 12.1 Å². The molecule has 0 fully saturated rings. The van der Waals surface area contributed by atoms with E-state index in [1.54, 1.807) is 6.07 Å². The molecule has 0 aliphatic carbocycles. The molecule has 0 aliphatic rings. The zero-order valence-corrected chi connectivity index (χ0v) is 19.2. The minimum absolute atomic E-state index is 0.0718. The van der Waals surface area contributed by atoms with Gasteiger partial charge in [-0.25, -0.2) is 0 Å². The Hall–Kier alpha value is -2.95. The molecule has 0 N–H and O–H groups in total. The van der Waals surface area contributed by atoms with Crippen molar-refractivity contribution in [2.24, 2.45) is 0 Å². The van der Waals surface area contributed by atoms with Gasteiger partial charge in [0.05, 0.1) is 23.9 Å². The van der Waals surface area contributed by atoms with Gasteiger partial charge in [0, 0.05) is 0 Å². The third kappa shape index (κ3) is 4.77. The van der Waals surface area contributed by atoms with E-state index in [9.17, 15) is 13.2 Å². The largest absolute Gasteiger partial charge is 0.419 e. The maximum atomic E-state index is 14.5. The van der Waals surface area contributed by atoms with Gasteiger partial charge in [-0.2, -0.15) is 18.4 Å². The SMILES string of the molecule is CC(C)(C)[Si](OC(c1cccc(CC#N)n1)C(F)(F)F)(c1ccccc1)c1ccccc1. The van der Waals surface area contributed by atoms with Crippen LogP contribution in [-0.2, 0) is 10.8 Å². The summed E-state index contributed by atoms with van der Waals surface area (Å²) in [5, 5.41) is 9.84. The summed E-state index contributed by atoms with van der Waals surface area (Å²) in [6.07, 6.45) is -6.99. The number of halogens is 3. The third-order valence-corrected chi connectivity index (χ3v) is 10.4. The molecule has 0 amide bonds. The molecule has 0 spiro atoms. The molecule has 1 unspecified atom stereocenters. The molecule has 1 atom stereocenters. The van der Waals surface area contributed by atoms with Gasteiger partial charge in [0.15, 0.2) is 6.10 Å². The van der Waals surface area contributed by atoms with Crippen LogP contribution in [0.4, 0.5) is 13.2 Å². The van der Waals surface area contributed by atoms with Crippen molar-refractivity contribution in [1.29, 1.82) is 5.26 Å². The number of pyridine rings is 1. The van der Waals surface area contributed by atoms with E-state index in [0.29, 0.717) is 0 Å². The Morgan fingerprint density at radius 2 is 1.41 bits per heavy atom. The molecule has 0 radical (unpaired) electrons. The Kier molecular flexibility index (Phi) is 6.87. The van der Waals surface area contributed by atoms with Gasteiger partial charge in [0.2, 0.25) is 0 Å². The highest BCUT2D eigenvalue weighted by molar-refractivity contribution is 6.99. The number of hydrogen-bond donors (Lipinski definition) is 0. The molecule has 3 rings (SSSR count). The zero-order chi connectivity index (χ0) is 23.4. The predicted molar refractivity (Wildman–Crippen MR) is 121 cm³/mol. The van der Waals surface area contributed by atoms with Crippen molar-refractivity contribution in [2.45, 2.75) is 44.5 Å². The average Bonchev–Trinajstić information content (AvgIpc) is 2.74. The van der Waals surface area contributed by atoms with E-state index in [2.05, 4.69) is 4.98 Å². The van der Waals surface area contributed by atoms with Gasteiger partial charge in [-0.3, -0.25) is 4.98 Å². The van der Waals surface area contributed by atoms with Crippen LogP contribution in [-0.4, -0.2) is 19.5 Å². The van der Waals surface area contributed by atoms with Crippen LogP contribution in [0.15, 0.2) is 78.9 Å². The quantitative estimate of drug-likeness (QED) is 0.473. The molecule has 32 heavy (non-hydrogen) atoms. The standard InChI is InChI=1S/C25H25F3N2OSi/c1-24(2,3)32(20-12-6-4-7-13-20,21-14-8-5-9-15-21)31-23(25(26,27)28)22-16-10-11-19(30-22)17-18-29/h4-16,23H,17H2,1-3H3. The first-order chi connectivity index (χ1) is 15.1. The van der Waals surface area contributed by atoms with Gasteiger partial charge in [-0.15, -0.1) is 0 Å². The number of aromatic nitrogens is 1. The number of nitriles is 1. The predicted octanol–water partition coefficient (Wildman–Crippen LogP) is 5.33. The summed E-state index contributed by atoms with van der Waals surface area (Å²) in [4.78, 5) is 4.14. The van der Waals surface area contributed by atoms with Gasteiger partial charge >= 0.3 is 6.18 Å². The molecule has 7 heteroatoms. The van der Waals surface area contributed by atoms with Crippen LogP contribution in [0, 0.1) is 11.3 Å². The lowest BCUT2D eigenvalue weighted by Crippen LogP contribution is -2.67. The first kappa shape index (κ1) is 23.7. The summed E-state index contributed by atoms with van der Waals surface area (Å²) < 4.78 is 49.7. The first-order valence-corrected chi connectivity index (χ1v) is 12.2. The third-order valence-electron chi connectivity index (χ3n) is 5.37. The Morgan fingerprint density at radius 1 is 0.875 bits per heavy atom. The Morgan fingerprint density at radius 3 is 1.84 bits per heavy atom. The van der Waals surface area contributed by atoms with Crippen LogP contribution >= 0.6 is 0 Å². The van der Waals surface area contributed by atoms with Gasteiger partial charge in [0.25, 0.3) is 8.32 Å². The Bertz CT molecular complexity index is 1030. The molecule has 0 bridgehead atoms. The maximum Gasteiger partial charge on any atom is 0.419 e. The van der Waals surface area contributed by atoms with E-state index in [-0.39, 0.29) is 17.8 Å². The molecule has 1 heterocycles. The highest BCUT2D eigenvalue weighted by Crippen LogP contribution is 2.44. The topological polar surface area (TPSA) is 45.9 Å². The average molecular weight is 455 g/mol. The van der Waals surface area contributed by atoms with Crippen molar-refractivity contribution < 1.29 is 17.6 Å². The fraction of sp³-hybridized carbons (Fsp3) is 0.280. The molecular formula is C25H25F3N2OSi. The normalized spacial score (nSPS) is 13.4. The summed E-state index contributed by atoms with van der Waals surface area (Å²) in [5.41, 5.74) is 0.0449. The van der Waals surface area contributed by atoms with Crippen LogP contribution in [0.2, 0.25) is 5.04 Å². The number of rotatable bonds is 6. The van der Waals surface area contributed by atoms with Crippen molar-refractivity contribution in [2.75, 3.05) is 0 Å². The highest BCUT2D eigenvalue weighted by Gasteiger charge is 2.56. The summed E-state index contributed by atoms with van der Waals surface area (Å²) in [5.74, 6) is 0. The van der Waals surface area contributed by atoms with E-state index in [4.69, 9.17) is 9.69 Å². The van der Waals surface area contributed by atoms with E-state index >= 15 is 0 Å².